The van der Waals surface area contributed by atoms with Crippen molar-refractivity contribution in [1.82, 2.24) is 14.7 Å². The van der Waals surface area contributed by atoms with Crippen LogP contribution < -0.4 is 10.5 Å². The second-order valence-corrected chi connectivity index (χ2v) is 6.48. The summed E-state index contributed by atoms with van der Waals surface area (Å²) >= 11 is 1.33. The molecule has 0 aliphatic heterocycles. The van der Waals surface area contributed by atoms with E-state index in [1.54, 1.807) is 30.8 Å². The van der Waals surface area contributed by atoms with Crippen LogP contribution in [0.15, 0.2) is 28.7 Å². The van der Waals surface area contributed by atoms with Crippen molar-refractivity contribution in [3.63, 3.8) is 0 Å². The van der Waals surface area contributed by atoms with Crippen molar-refractivity contribution in [2.45, 2.75) is 24.4 Å². The third-order valence-corrected chi connectivity index (χ3v) is 5.03. The second-order valence-electron chi connectivity index (χ2n) is 3.77. The summed E-state index contributed by atoms with van der Waals surface area (Å²) in [6.07, 6.45) is 3.23. The Bertz CT molecular complexity index is 604. The molecule has 8 heteroatoms. The molecule has 0 aromatic carbocycles. The van der Waals surface area contributed by atoms with Crippen LogP contribution in [0.5, 0.6) is 0 Å². The van der Waals surface area contributed by atoms with Gasteiger partial charge in [-0.25, -0.2) is 18.1 Å². The maximum atomic E-state index is 12.1. The van der Waals surface area contributed by atoms with E-state index in [4.69, 9.17) is 5.73 Å². The Hall–Kier alpha value is -1.22. The van der Waals surface area contributed by atoms with E-state index in [1.165, 1.54) is 11.3 Å². The predicted octanol–water partition coefficient (Wildman–Crippen LogP) is 0.969. The lowest BCUT2D eigenvalue weighted by atomic mass is 10.3. The molecule has 0 aliphatic carbocycles. The van der Waals surface area contributed by atoms with Crippen LogP contribution in [0, 0.1) is 0 Å². The molecule has 0 saturated heterocycles. The lowest BCUT2D eigenvalue weighted by Crippen LogP contribution is -2.27. The summed E-state index contributed by atoms with van der Waals surface area (Å²) in [5.41, 5.74) is 5.47. The summed E-state index contributed by atoms with van der Waals surface area (Å²) in [7, 11) is -3.53. The fraction of sp³-hybridized carbons (Fsp3) is 0.300. The van der Waals surface area contributed by atoms with Crippen LogP contribution in [0.4, 0.5) is 0 Å². The van der Waals surface area contributed by atoms with E-state index in [-0.39, 0.29) is 4.90 Å². The minimum Gasteiger partial charge on any atom is -0.347 e. The van der Waals surface area contributed by atoms with Crippen molar-refractivity contribution in [1.29, 1.82) is 0 Å². The molecule has 2 aromatic heterocycles. The lowest BCUT2D eigenvalue weighted by Gasteiger charge is -2.10. The Kier molecular flexibility index (Phi) is 3.81. The molecule has 0 amide bonds. The fourth-order valence-electron chi connectivity index (χ4n) is 1.48. The first-order valence-corrected chi connectivity index (χ1v) is 7.68. The zero-order valence-corrected chi connectivity index (χ0v) is 11.4. The van der Waals surface area contributed by atoms with Gasteiger partial charge < -0.3 is 10.7 Å². The van der Waals surface area contributed by atoms with E-state index in [9.17, 15) is 8.42 Å². The van der Waals surface area contributed by atoms with Crippen molar-refractivity contribution in [2.24, 2.45) is 5.73 Å². The molecule has 6 nitrogen and oxygen atoms in total. The third-order valence-electron chi connectivity index (χ3n) is 2.40. The predicted molar refractivity (Wildman–Crippen MR) is 69.5 cm³/mol. The number of rotatable bonds is 5. The van der Waals surface area contributed by atoms with Crippen molar-refractivity contribution >= 4 is 21.4 Å². The fourth-order valence-corrected chi connectivity index (χ4v) is 3.84. The van der Waals surface area contributed by atoms with E-state index in [2.05, 4.69) is 14.7 Å². The Labute approximate surface area is 109 Å². The van der Waals surface area contributed by atoms with Gasteiger partial charge in [0.05, 0.1) is 10.9 Å². The highest BCUT2D eigenvalue weighted by atomic mass is 32.2. The molecule has 4 N–H and O–H groups in total. The number of aromatic amines is 1. The zero-order valence-electron chi connectivity index (χ0n) is 9.75. The number of imidazole rings is 1. The smallest absolute Gasteiger partial charge is 0.242 e. The number of nitrogens with two attached hydrogens (primary N) is 1. The minimum atomic E-state index is -3.53. The van der Waals surface area contributed by atoms with Crippen LogP contribution in [0.25, 0.3) is 0 Å². The molecule has 0 aliphatic rings. The molecule has 0 spiro atoms. The van der Waals surface area contributed by atoms with Crippen molar-refractivity contribution in [3.05, 3.63) is 34.5 Å². The van der Waals surface area contributed by atoms with Gasteiger partial charge in [-0.1, -0.05) is 0 Å². The molecule has 2 heterocycles. The highest BCUT2D eigenvalue weighted by Gasteiger charge is 2.20. The Balaban J connectivity index is 2.17. The first kappa shape index (κ1) is 13.2. The number of nitrogens with one attached hydrogen (secondary N) is 2. The molecule has 2 rings (SSSR count). The SMILES string of the molecule is CC(NS(=O)(=O)c1csc(CN)c1)c1ncc[nH]1. The number of nitrogens with zero attached hydrogens (tertiary/aromatic N) is 1. The average Bonchev–Trinajstić information content (AvgIpc) is 3.00. The normalized spacial score (nSPS) is 13.7. The van der Waals surface area contributed by atoms with E-state index < -0.39 is 16.1 Å². The van der Waals surface area contributed by atoms with Gasteiger partial charge in [0, 0.05) is 29.2 Å². The van der Waals surface area contributed by atoms with Gasteiger partial charge in [0.1, 0.15) is 5.82 Å². The Morgan fingerprint density at radius 1 is 1.61 bits per heavy atom. The largest absolute Gasteiger partial charge is 0.347 e. The van der Waals surface area contributed by atoms with Crippen molar-refractivity contribution in [3.8, 4) is 0 Å². The molecule has 0 fully saturated rings. The van der Waals surface area contributed by atoms with Crippen molar-refractivity contribution < 1.29 is 8.42 Å². The maximum absolute atomic E-state index is 12.1. The molecule has 0 saturated carbocycles. The number of thiophene rings is 1. The van der Waals surface area contributed by atoms with Gasteiger partial charge in [0.25, 0.3) is 0 Å². The van der Waals surface area contributed by atoms with Gasteiger partial charge >= 0.3 is 0 Å². The summed E-state index contributed by atoms with van der Waals surface area (Å²) in [6.45, 7) is 2.07. The molecule has 18 heavy (non-hydrogen) atoms. The van der Waals surface area contributed by atoms with Gasteiger partial charge in [-0.2, -0.15) is 0 Å². The van der Waals surface area contributed by atoms with E-state index >= 15 is 0 Å². The molecule has 0 bridgehead atoms. The van der Waals surface area contributed by atoms with E-state index in [0.29, 0.717) is 12.4 Å². The van der Waals surface area contributed by atoms with Crippen LogP contribution in [0.3, 0.4) is 0 Å². The quantitative estimate of drug-likeness (QED) is 0.762. The number of hydrogen-bond donors (Lipinski definition) is 3. The summed E-state index contributed by atoms with van der Waals surface area (Å²) < 4.78 is 26.7. The summed E-state index contributed by atoms with van der Waals surface area (Å²) in [4.78, 5) is 7.96. The number of hydrogen-bond acceptors (Lipinski definition) is 5. The van der Waals surface area contributed by atoms with Gasteiger partial charge in [-0.05, 0) is 13.0 Å². The molecule has 0 radical (unpaired) electrons. The van der Waals surface area contributed by atoms with Crippen molar-refractivity contribution in [2.75, 3.05) is 0 Å². The second kappa shape index (κ2) is 5.19. The maximum Gasteiger partial charge on any atom is 0.242 e. The molecular formula is C10H14N4O2S2. The molecule has 1 atom stereocenters. The minimum absolute atomic E-state index is 0.242. The van der Waals surface area contributed by atoms with Crippen LogP contribution in [-0.2, 0) is 16.6 Å². The average molecular weight is 286 g/mol. The zero-order chi connectivity index (χ0) is 13.2. The monoisotopic (exact) mass is 286 g/mol. The molecular weight excluding hydrogens is 272 g/mol. The summed E-state index contributed by atoms with van der Waals surface area (Å²) in [5, 5.41) is 1.58. The standard InChI is InChI=1S/C10H14N4O2S2/c1-7(10-12-2-3-13-10)14-18(15,16)9-4-8(5-11)17-6-9/h2-4,6-7,14H,5,11H2,1H3,(H,12,13). The van der Waals surface area contributed by atoms with Crippen LogP contribution >= 0.6 is 11.3 Å². The first-order valence-electron chi connectivity index (χ1n) is 5.32. The van der Waals surface area contributed by atoms with Crippen LogP contribution in [0.1, 0.15) is 23.7 Å². The van der Waals surface area contributed by atoms with E-state index in [0.717, 1.165) is 4.88 Å². The number of sulfonamides is 1. The van der Waals surface area contributed by atoms with Crippen LogP contribution in [-0.4, -0.2) is 18.4 Å². The first-order chi connectivity index (χ1) is 8.53. The number of H-pyrrole nitrogens is 1. The van der Waals surface area contributed by atoms with E-state index in [1.807, 2.05) is 0 Å². The summed E-state index contributed by atoms with van der Waals surface area (Å²) in [5.74, 6) is 0.577. The van der Waals surface area contributed by atoms with Gasteiger partial charge in [0.15, 0.2) is 0 Å². The number of aromatic nitrogens is 2. The molecule has 1 unspecified atom stereocenters. The van der Waals surface area contributed by atoms with Gasteiger partial charge in [0.2, 0.25) is 10.0 Å². The Morgan fingerprint density at radius 2 is 2.39 bits per heavy atom. The van der Waals surface area contributed by atoms with Gasteiger partial charge in [-0.3, -0.25) is 0 Å². The molecule has 2 aromatic rings. The van der Waals surface area contributed by atoms with Crippen LogP contribution in [0.2, 0.25) is 0 Å². The third kappa shape index (κ3) is 2.78. The summed E-state index contributed by atoms with van der Waals surface area (Å²) in [6, 6.07) is 1.17. The highest BCUT2D eigenvalue weighted by Crippen LogP contribution is 2.20. The Morgan fingerprint density at radius 3 is 2.94 bits per heavy atom. The topological polar surface area (TPSA) is 101 Å². The molecule has 98 valence electrons. The lowest BCUT2D eigenvalue weighted by molar-refractivity contribution is 0.561. The van der Waals surface area contributed by atoms with Gasteiger partial charge in [-0.15, -0.1) is 11.3 Å². The highest BCUT2D eigenvalue weighted by molar-refractivity contribution is 7.89.